The molecule has 116 valence electrons. The van der Waals surface area contributed by atoms with Gasteiger partial charge < -0.3 is 15.5 Å². The largest absolute Gasteiger partial charge is 0.365 e. The van der Waals surface area contributed by atoms with Crippen LogP contribution in [0.3, 0.4) is 0 Å². The van der Waals surface area contributed by atoms with E-state index in [1.807, 2.05) is 17.5 Å². The Bertz CT molecular complexity index is 682. The van der Waals surface area contributed by atoms with E-state index in [4.69, 9.17) is 0 Å². The molecule has 0 unspecified atom stereocenters. The molecule has 0 bridgehead atoms. The third-order valence-electron chi connectivity index (χ3n) is 3.64. The van der Waals surface area contributed by atoms with Gasteiger partial charge in [0.05, 0.1) is 10.6 Å². The Morgan fingerprint density at radius 3 is 2.82 bits per heavy atom. The van der Waals surface area contributed by atoms with Gasteiger partial charge in [-0.25, -0.2) is 4.98 Å². The highest BCUT2D eigenvalue weighted by Gasteiger charge is 2.22. The molecule has 0 radical (unpaired) electrons. The highest BCUT2D eigenvalue weighted by molar-refractivity contribution is 7.14. The normalized spacial score (nSPS) is 14.9. The lowest BCUT2D eigenvalue weighted by Crippen LogP contribution is -2.43. The van der Waals surface area contributed by atoms with Crippen molar-refractivity contribution in [2.24, 2.45) is 0 Å². The second-order valence-corrected chi connectivity index (χ2v) is 5.84. The molecule has 0 saturated carbocycles. The lowest BCUT2D eigenvalue weighted by atomic mass is 10.1. The van der Waals surface area contributed by atoms with Crippen molar-refractivity contribution in [1.29, 1.82) is 0 Å². The van der Waals surface area contributed by atoms with Crippen molar-refractivity contribution in [3.63, 3.8) is 0 Å². The average Bonchev–Trinajstić information content (AvgIpc) is 3.04. The van der Waals surface area contributed by atoms with Gasteiger partial charge in [0.15, 0.2) is 5.13 Å². The Labute approximate surface area is 132 Å². The van der Waals surface area contributed by atoms with Crippen LogP contribution in [0, 0.1) is 10.1 Å². The molecule has 7 nitrogen and oxygen atoms in total. The molecule has 22 heavy (non-hydrogen) atoms. The summed E-state index contributed by atoms with van der Waals surface area (Å²) in [4.78, 5) is 17.6. The van der Waals surface area contributed by atoms with E-state index in [0.29, 0.717) is 5.69 Å². The van der Waals surface area contributed by atoms with E-state index in [2.05, 4.69) is 20.5 Å². The molecule has 2 aromatic rings. The molecular weight excluding hydrogens is 302 g/mol. The van der Waals surface area contributed by atoms with Crippen molar-refractivity contribution < 1.29 is 4.92 Å². The zero-order chi connectivity index (χ0) is 15.5. The predicted octanol–water partition coefficient (Wildman–Crippen LogP) is 2.17. The molecule has 0 atom stereocenters. The fraction of sp³-hybridized carbons (Fsp3) is 0.357. The Kier molecular flexibility index (Phi) is 4.21. The van der Waals surface area contributed by atoms with Gasteiger partial charge in [0.2, 0.25) is 0 Å². The number of thiazole rings is 1. The summed E-state index contributed by atoms with van der Waals surface area (Å²) in [5, 5.41) is 20.4. The molecule has 1 fully saturated rings. The molecule has 3 rings (SSSR count). The third-order valence-corrected chi connectivity index (χ3v) is 4.50. The average molecular weight is 319 g/mol. The minimum atomic E-state index is -0.313. The van der Waals surface area contributed by atoms with Gasteiger partial charge in [-0.2, -0.15) is 0 Å². The number of nitrogens with one attached hydrogen (secondary N) is 2. The molecule has 0 aliphatic carbocycles. The molecule has 1 aromatic carbocycles. The quantitative estimate of drug-likeness (QED) is 0.664. The van der Waals surface area contributed by atoms with E-state index >= 15 is 0 Å². The summed E-state index contributed by atoms with van der Waals surface area (Å²) in [6.45, 7) is 3.24. The summed E-state index contributed by atoms with van der Waals surface area (Å²) in [5.41, 5.74) is 2.34. The molecule has 2 N–H and O–H groups in total. The van der Waals surface area contributed by atoms with Crippen molar-refractivity contribution in [3.05, 3.63) is 33.7 Å². The minimum Gasteiger partial charge on any atom is -0.365 e. The van der Waals surface area contributed by atoms with Gasteiger partial charge in [-0.3, -0.25) is 10.1 Å². The fourth-order valence-corrected chi connectivity index (χ4v) is 3.20. The zero-order valence-electron chi connectivity index (χ0n) is 12.2. The number of nitro benzene ring substituents is 1. The van der Waals surface area contributed by atoms with Crippen molar-refractivity contribution >= 4 is 27.8 Å². The molecule has 0 amide bonds. The van der Waals surface area contributed by atoms with Crippen LogP contribution in [0.4, 0.5) is 16.5 Å². The number of anilines is 2. The van der Waals surface area contributed by atoms with Crippen LogP contribution >= 0.6 is 11.3 Å². The Morgan fingerprint density at radius 2 is 2.18 bits per heavy atom. The number of nitrogens with zero attached hydrogens (tertiary/aromatic N) is 3. The molecule has 1 saturated heterocycles. The molecule has 0 spiro atoms. The first kappa shape index (κ1) is 14.7. The number of hydrogen-bond donors (Lipinski definition) is 2. The summed E-state index contributed by atoms with van der Waals surface area (Å²) in [6.07, 6.45) is 0. The molecular formula is C14H17N5O2S. The maximum atomic E-state index is 11.4. The standard InChI is InChI=1S/C14H17N5O2S/c1-15-14-17-11(9-22-14)10-2-3-12(13(8-10)19(20)21)18-6-4-16-5-7-18/h2-3,8-9,16H,4-7H2,1H3,(H,15,17). The second kappa shape index (κ2) is 6.29. The van der Waals surface area contributed by atoms with E-state index in [-0.39, 0.29) is 10.6 Å². The van der Waals surface area contributed by atoms with E-state index in [1.165, 1.54) is 11.3 Å². The number of nitro groups is 1. The Hall–Kier alpha value is -2.19. The van der Waals surface area contributed by atoms with E-state index in [0.717, 1.165) is 42.6 Å². The summed E-state index contributed by atoms with van der Waals surface area (Å²) in [7, 11) is 1.80. The lowest BCUT2D eigenvalue weighted by Gasteiger charge is -2.29. The van der Waals surface area contributed by atoms with Crippen LogP contribution in [0.15, 0.2) is 23.6 Å². The SMILES string of the molecule is CNc1nc(-c2ccc(N3CCNCC3)c([N+](=O)[O-])c2)cs1. The summed E-state index contributed by atoms with van der Waals surface area (Å²) in [6, 6.07) is 5.35. The van der Waals surface area contributed by atoms with Crippen molar-refractivity contribution in [3.8, 4) is 11.3 Å². The van der Waals surface area contributed by atoms with E-state index in [9.17, 15) is 10.1 Å². The van der Waals surface area contributed by atoms with Gasteiger partial charge in [-0.15, -0.1) is 11.3 Å². The first-order valence-electron chi connectivity index (χ1n) is 7.07. The van der Waals surface area contributed by atoms with Crippen LogP contribution in [0.2, 0.25) is 0 Å². The van der Waals surface area contributed by atoms with Gasteiger partial charge >= 0.3 is 0 Å². The molecule has 2 heterocycles. The van der Waals surface area contributed by atoms with Crippen LogP contribution in [0.25, 0.3) is 11.3 Å². The topological polar surface area (TPSA) is 83.3 Å². The lowest BCUT2D eigenvalue weighted by molar-refractivity contribution is -0.384. The van der Waals surface area contributed by atoms with Crippen LogP contribution in [-0.2, 0) is 0 Å². The molecule has 8 heteroatoms. The maximum absolute atomic E-state index is 11.4. The van der Waals surface area contributed by atoms with Gasteiger partial charge in [0, 0.05) is 50.2 Å². The molecule has 1 aliphatic rings. The maximum Gasteiger partial charge on any atom is 0.293 e. The Morgan fingerprint density at radius 1 is 1.41 bits per heavy atom. The monoisotopic (exact) mass is 319 g/mol. The zero-order valence-corrected chi connectivity index (χ0v) is 13.0. The van der Waals surface area contributed by atoms with Gasteiger partial charge in [0.25, 0.3) is 5.69 Å². The van der Waals surface area contributed by atoms with Crippen LogP contribution in [-0.4, -0.2) is 43.1 Å². The number of rotatable bonds is 4. The number of piperazine rings is 1. The van der Waals surface area contributed by atoms with Gasteiger partial charge in [0.1, 0.15) is 5.69 Å². The van der Waals surface area contributed by atoms with Crippen molar-refractivity contribution in [2.45, 2.75) is 0 Å². The number of hydrogen-bond acceptors (Lipinski definition) is 7. The minimum absolute atomic E-state index is 0.137. The highest BCUT2D eigenvalue weighted by atomic mass is 32.1. The third kappa shape index (κ3) is 2.88. The number of benzene rings is 1. The Balaban J connectivity index is 1.97. The summed E-state index contributed by atoms with van der Waals surface area (Å²) < 4.78 is 0. The van der Waals surface area contributed by atoms with E-state index < -0.39 is 0 Å². The summed E-state index contributed by atoms with van der Waals surface area (Å²) in [5.74, 6) is 0. The first-order chi connectivity index (χ1) is 10.7. The van der Waals surface area contributed by atoms with Gasteiger partial charge in [-0.05, 0) is 6.07 Å². The predicted molar refractivity (Wildman–Crippen MR) is 88.8 cm³/mol. The molecule has 1 aliphatic heterocycles. The van der Waals surface area contributed by atoms with Crippen LogP contribution in [0.5, 0.6) is 0 Å². The van der Waals surface area contributed by atoms with Crippen molar-refractivity contribution in [1.82, 2.24) is 10.3 Å². The highest BCUT2D eigenvalue weighted by Crippen LogP contribution is 2.34. The van der Waals surface area contributed by atoms with E-state index in [1.54, 1.807) is 13.1 Å². The fourth-order valence-electron chi connectivity index (χ4n) is 2.52. The second-order valence-electron chi connectivity index (χ2n) is 4.99. The smallest absolute Gasteiger partial charge is 0.293 e. The summed E-state index contributed by atoms with van der Waals surface area (Å²) >= 11 is 1.48. The molecule has 1 aromatic heterocycles. The van der Waals surface area contributed by atoms with Crippen molar-refractivity contribution in [2.75, 3.05) is 43.4 Å². The first-order valence-corrected chi connectivity index (χ1v) is 7.95. The van der Waals surface area contributed by atoms with Crippen LogP contribution in [0.1, 0.15) is 0 Å². The number of aromatic nitrogens is 1. The van der Waals surface area contributed by atoms with Gasteiger partial charge in [-0.1, -0.05) is 6.07 Å². The van der Waals surface area contributed by atoms with Crippen LogP contribution < -0.4 is 15.5 Å².